The third-order valence-electron chi connectivity index (χ3n) is 3.60. The lowest BCUT2D eigenvalue weighted by atomic mass is 10.0. The van der Waals surface area contributed by atoms with Crippen LogP contribution in [-0.2, 0) is 13.1 Å². The maximum absolute atomic E-state index is 13.2. The van der Waals surface area contributed by atoms with E-state index in [-0.39, 0.29) is 5.82 Å². The zero-order chi connectivity index (χ0) is 14.5. The van der Waals surface area contributed by atoms with Crippen LogP contribution in [0.2, 0.25) is 0 Å². The molecule has 0 saturated heterocycles. The van der Waals surface area contributed by atoms with Crippen molar-refractivity contribution in [1.29, 1.82) is 0 Å². The van der Waals surface area contributed by atoms with Crippen LogP contribution in [-0.4, -0.2) is 0 Å². The van der Waals surface area contributed by atoms with Crippen LogP contribution < -0.4 is 5.32 Å². The first-order valence-corrected chi connectivity index (χ1v) is 7.11. The standard InChI is InChI=1S/C18H22FN/c1-13(2)16-7-5-15(6-8-16)11-20-12-17-10-18(19)9-4-14(17)3/h4-10,13,20H,11-12H2,1-3H3. The van der Waals surface area contributed by atoms with Crippen molar-refractivity contribution < 1.29 is 4.39 Å². The van der Waals surface area contributed by atoms with Gasteiger partial charge < -0.3 is 5.32 Å². The van der Waals surface area contributed by atoms with Crippen molar-refractivity contribution in [2.24, 2.45) is 0 Å². The van der Waals surface area contributed by atoms with E-state index in [1.54, 1.807) is 6.07 Å². The summed E-state index contributed by atoms with van der Waals surface area (Å²) in [4.78, 5) is 0. The van der Waals surface area contributed by atoms with Crippen LogP contribution >= 0.6 is 0 Å². The molecule has 0 aliphatic heterocycles. The minimum Gasteiger partial charge on any atom is -0.309 e. The molecule has 2 heteroatoms. The van der Waals surface area contributed by atoms with Crippen molar-refractivity contribution in [1.82, 2.24) is 5.32 Å². The summed E-state index contributed by atoms with van der Waals surface area (Å²) in [6.07, 6.45) is 0. The first-order valence-electron chi connectivity index (χ1n) is 7.11. The Bertz CT molecular complexity index is 558. The molecule has 0 heterocycles. The van der Waals surface area contributed by atoms with E-state index in [1.165, 1.54) is 17.2 Å². The topological polar surface area (TPSA) is 12.0 Å². The SMILES string of the molecule is Cc1ccc(F)cc1CNCc1ccc(C(C)C)cc1. The number of rotatable bonds is 5. The summed E-state index contributed by atoms with van der Waals surface area (Å²) < 4.78 is 13.2. The Kier molecular flexibility index (Phi) is 4.91. The van der Waals surface area contributed by atoms with Gasteiger partial charge in [-0.1, -0.05) is 44.2 Å². The average Bonchev–Trinajstić information content (AvgIpc) is 2.43. The molecule has 0 spiro atoms. The third kappa shape index (κ3) is 3.91. The van der Waals surface area contributed by atoms with Gasteiger partial charge in [0.05, 0.1) is 0 Å². The van der Waals surface area contributed by atoms with E-state index >= 15 is 0 Å². The molecule has 0 aliphatic rings. The fourth-order valence-electron chi connectivity index (χ4n) is 2.19. The van der Waals surface area contributed by atoms with Crippen molar-refractivity contribution in [2.75, 3.05) is 0 Å². The monoisotopic (exact) mass is 271 g/mol. The Morgan fingerprint density at radius 1 is 1.00 bits per heavy atom. The van der Waals surface area contributed by atoms with Crippen LogP contribution in [0.25, 0.3) is 0 Å². The van der Waals surface area contributed by atoms with E-state index in [0.29, 0.717) is 12.5 Å². The van der Waals surface area contributed by atoms with Crippen molar-refractivity contribution in [3.05, 3.63) is 70.5 Å². The number of hydrogen-bond acceptors (Lipinski definition) is 1. The lowest BCUT2D eigenvalue weighted by Gasteiger charge is -2.10. The average molecular weight is 271 g/mol. The molecule has 1 nitrogen and oxygen atoms in total. The molecule has 2 aromatic rings. The van der Waals surface area contributed by atoms with Gasteiger partial charge in [0.2, 0.25) is 0 Å². The highest BCUT2D eigenvalue weighted by Gasteiger charge is 2.01. The fraction of sp³-hybridized carbons (Fsp3) is 0.333. The normalized spacial score (nSPS) is 11.1. The summed E-state index contributed by atoms with van der Waals surface area (Å²) in [6, 6.07) is 13.6. The highest BCUT2D eigenvalue weighted by Crippen LogP contribution is 2.15. The van der Waals surface area contributed by atoms with Gasteiger partial charge in [-0.3, -0.25) is 0 Å². The molecule has 0 bridgehead atoms. The molecule has 0 radical (unpaired) electrons. The first-order chi connectivity index (χ1) is 9.56. The number of halogens is 1. The smallest absolute Gasteiger partial charge is 0.123 e. The van der Waals surface area contributed by atoms with Gasteiger partial charge in [0, 0.05) is 13.1 Å². The molecule has 0 saturated carbocycles. The molecular weight excluding hydrogens is 249 g/mol. The number of nitrogens with one attached hydrogen (secondary N) is 1. The second-order valence-corrected chi connectivity index (χ2v) is 5.57. The van der Waals surface area contributed by atoms with Gasteiger partial charge in [-0.2, -0.15) is 0 Å². The molecule has 2 aromatic carbocycles. The lowest BCUT2D eigenvalue weighted by molar-refractivity contribution is 0.619. The molecule has 20 heavy (non-hydrogen) atoms. The van der Waals surface area contributed by atoms with E-state index < -0.39 is 0 Å². The van der Waals surface area contributed by atoms with Crippen molar-refractivity contribution in [2.45, 2.75) is 39.8 Å². The van der Waals surface area contributed by atoms with Crippen LogP contribution in [0.5, 0.6) is 0 Å². The van der Waals surface area contributed by atoms with E-state index in [0.717, 1.165) is 17.7 Å². The van der Waals surface area contributed by atoms with E-state index in [1.807, 2.05) is 13.0 Å². The Hall–Kier alpha value is -1.67. The van der Waals surface area contributed by atoms with Gasteiger partial charge in [-0.25, -0.2) is 4.39 Å². The Labute approximate surface area is 120 Å². The highest BCUT2D eigenvalue weighted by molar-refractivity contribution is 5.27. The molecule has 2 rings (SSSR count). The van der Waals surface area contributed by atoms with Crippen LogP contribution in [0.15, 0.2) is 42.5 Å². The number of hydrogen-bond donors (Lipinski definition) is 1. The maximum Gasteiger partial charge on any atom is 0.123 e. The highest BCUT2D eigenvalue weighted by atomic mass is 19.1. The summed E-state index contributed by atoms with van der Waals surface area (Å²) >= 11 is 0. The predicted octanol–water partition coefficient (Wildman–Crippen LogP) is 4.55. The van der Waals surface area contributed by atoms with Crippen LogP contribution in [0.4, 0.5) is 4.39 Å². The van der Waals surface area contributed by atoms with E-state index in [4.69, 9.17) is 0 Å². The van der Waals surface area contributed by atoms with E-state index in [9.17, 15) is 4.39 Å². The Morgan fingerprint density at radius 3 is 2.35 bits per heavy atom. The minimum atomic E-state index is -0.173. The van der Waals surface area contributed by atoms with E-state index in [2.05, 4.69) is 43.4 Å². The number of aryl methyl sites for hydroxylation is 1. The molecule has 0 unspecified atom stereocenters. The second kappa shape index (κ2) is 6.67. The quantitative estimate of drug-likeness (QED) is 0.841. The van der Waals surface area contributed by atoms with Gasteiger partial charge in [-0.05, 0) is 47.2 Å². The van der Waals surface area contributed by atoms with Gasteiger partial charge in [-0.15, -0.1) is 0 Å². The maximum atomic E-state index is 13.2. The summed E-state index contributed by atoms with van der Waals surface area (Å²) in [5, 5.41) is 3.37. The Morgan fingerprint density at radius 2 is 1.70 bits per heavy atom. The van der Waals surface area contributed by atoms with Crippen LogP contribution in [0.3, 0.4) is 0 Å². The Balaban J connectivity index is 1.91. The molecule has 0 aliphatic carbocycles. The van der Waals surface area contributed by atoms with Gasteiger partial charge in [0.25, 0.3) is 0 Å². The molecule has 106 valence electrons. The van der Waals surface area contributed by atoms with Crippen molar-refractivity contribution in [3.8, 4) is 0 Å². The molecular formula is C18H22FN. The van der Waals surface area contributed by atoms with Crippen molar-refractivity contribution >= 4 is 0 Å². The predicted molar refractivity (Wildman–Crippen MR) is 82.2 cm³/mol. The van der Waals surface area contributed by atoms with Crippen LogP contribution in [0.1, 0.15) is 42.0 Å². The second-order valence-electron chi connectivity index (χ2n) is 5.57. The van der Waals surface area contributed by atoms with Gasteiger partial charge >= 0.3 is 0 Å². The third-order valence-corrected chi connectivity index (χ3v) is 3.60. The molecule has 0 aromatic heterocycles. The largest absolute Gasteiger partial charge is 0.309 e. The van der Waals surface area contributed by atoms with Crippen LogP contribution in [0, 0.1) is 12.7 Å². The summed E-state index contributed by atoms with van der Waals surface area (Å²) in [5.74, 6) is 0.389. The summed E-state index contributed by atoms with van der Waals surface area (Å²) in [6.45, 7) is 7.89. The molecule has 0 amide bonds. The minimum absolute atomic E-state index is 0.173. The molecule has 0 atom stereocenters. The van der Waals surface area contributed by atoms with Crippen molar-refractivity contribution in [3.63, 3.8) is 0 Å². The van der Waals surface area contributed by atoms with Gasteiger partial charge in [0.1, 0.15) is 5.82 Å². The summed E-state index contributed by atoms with van der Waals surface area (Å²) in [7, 11) is 0. The number of benzene rings is 2. The molecule has 0 fully saturated rings. The zero-order valence-corrected chi connectivity index (χ0v) is 12.4. The van der Waals surface area contributed by atoms with Gasteiger partial charge in [0.15, 0.2) is 0 Å². The molecule has 1 N–H and O–H groups in total. The zero-order valence-electron chi connectivity index (χ0n) is 12.4. The summed E-state index contributed by atoms with van der Waals surface area (Å²) in [5.41, 5.74) is 4.75. The first kappa shape index (κ1) is 14.7. The lowest BCUT2D eigenvalue weighted by Crippen LogP contribution is -2.13. The fourth-order valence-corrected chi connectivity index (χ4v) is 2.19.